The first kappa shape index (κ1) is 4.75. The zero-order valence-electron chi connectivity index (χ0n) is 3.91. The highest BCUT2D eigenvalue weighted by atomic mass is 19.1. The van der Waals surface area contributed by atoms with Gasteiger partial charge in [-0.15, -0.1) is 0 Å². The van der Waals surface area contributed by atoms with Gasteiger partial charge in [-0.3, -0.25) is 4.79 Å². The van der Waals surface area contributed by atoms with Crippen molar-refractivity contribution in [3.05, 3.63) is 0 Å². The van der Waals surface area contributed by atoms with Crippen LogP contribution in [0.5, 0.6) is 0 Å². The maximum atomic E-state index is 12.2. The molecule has 1 aliphatic rings. The number of rotatable bonds is 1. The first-order valence-corrected chi connectivity index (χ1v) is 2.35. The number of alkyl halides is 1. The van der Waals surface area contributed by atoms with Crippen LogP contribution < -0.4 is 0 Å². The van der Waals surface area contributed by atoms with Gasteiger partial charge in [0.25, 0.3) is 0 Å². The van der Waals surface area contributed by atoms with Crippen molar-refractivity contribution < 1.29 is 9.18 Å². The van der Waals surface area contributed by atoms with Gasteiger partial charge in [-0.2, -0.15) is 0 Å². The van der Waals surface area contributed by atoms with Crippen LogP contribution in [-0.2, 0) is 4.79 Å². The second kappa shape index (κ2) is 1.29. The largest absolute Gasteiger partial charge is 0.287 e. The molecule has 0 aromatic rings. The van der Waals surface area contributed by atoms with Crippen LogP contribution in [0.15, 0.2) is 0 Å². The molecular formula is C5H6FO. The molecule has 1 nitrogen and oxygen atoms in total. The van der Waals surface area contributed by atoms with Gasteiger partial charge < -0.3 is 0 Å². The Kier molecular flexibility index (Phi) is 0.873. The fraction of sp³-hybridized carbons (Fsp3) is 0.800. The molecule has 2 heteroatoms. The number of hydrogen-bond acceptors (Lipinski definition) is 1. The summed E-state index contributed by atoms with van der Waals surface area (Å²) in [4.78, 5) is 9.61. The van der Waals surface area contributed by atoms with Crippen LogP contribution in [0.4, 0.5) is 4.39 Å². The van der Waals surface area contributed by atoms with Gasteiger partial charge in [0.05, 0.1) is 0 Å². The lowest BCUT2D eigenvalue weighted by Gasteiger charge is -2.26. The maximum absolute atomic E-state index is 12.2. The van der Waals surface area contributed by atoms with E-state index < -0.39 is 5.67 Å². The second-order valence-corrected chi connectivity index (χ2v) is 1.92. The lowest BCUT2D eigenvalue weighted by Crippen LogP contribution is -2.32. The summed E-state index contributed by atoms with van der Waals surface area (Å²) >= 11 is 0. The van der Waals surface area contributed by atoms with Gasteiger partial charge in [0.1, 0.15) is 0 Å². The van der Waals surface area contributed by atoms with Crippen LogP contribution in [0.2, 0.25) is 0 Å². The average Bonchev–Trinajstić information content (AvgIpc) is 1.61. The molecule has 0 aromatic carbocycles. The summed E-state index contributed by atoms with van der Waals surface area (Å²) in [5.41, 5.74) is -1.54. The SMILES string of the molecule is O=[C]C1(F)CCC1. The molecule has 1 aliphatic carbocycles. The van der Waals surface area contributed by atoms with Crippen molar-refractivity contribution in [2.24, 2.45) is 0 Å². The minimum atomic E-state index is -1.54. The third-order valence-corrected chi connectivity index (χ3v) is 1.33. The molecule has 0 atom stereocenters. The molecule has 1 radical (unpaired) electrons. The molecule has 0 spiro atoms. The van der Waals surface area contributed by atoms with E-state index in [1.807, 2.05) is 0 Å². The fourth-order valence-electron chi connectivity index (χ4n) is 0.589. The molecule has 0 aromatic heterocycles. The fourth-order valence-corrected chi connectivity index (χ4v) is 0.589. The Morgan fingerprint density at radius 1 is 1.57 bits per heavy atom. The van der Waals surface area contributed by atoms with E-state index in [1.165, 1.54) is 6.29 Å². The predicted octanol–water partition coefficient (Wildman–Crippen LogP) is 0.988. The van der Waals surface area contributed by atoms with E-state index in [9.17, 15) is 9.18 Å². The van der Waals surface area contributed by atoms with Crippen molar-refractivity contribution in [2.45, 2.75) is 24.9 Å². The molecule has 1 rings (SSSR count). The summed E-state index contributed by atoms with van der Waals surface area (Å²) in [6.07, 6.45) is 2.97. The number of halogens is 1. The molecule has 1 fully saturated rings. The van der Waals surface area contributed by atoms with Crippen LogP contribution in [0.3, 0.4) is 0 Å². The standard InChI is InChI=1S/C5H6FO/c6-5(4-7)2-1-3-5/h1-3H2. The summed E-state index contributed by atoms with van der Waals surface area (Å²) in [7, 11) is 0. The minimum Gasteiger partial charge on any atom is -0.287 e. The highest BCUT2D eigenvalue weighted by Gasteiger charge is 2.37. The highest BCUT2D eigenvalue weighted by Crippen LogP contribution is 2.33. The Bertz CT molecular complexity index is 86.1. The Hall–Kier alpha value is -0.400. The molecule has 0 aliphatic heterocycles. The Morgan fingerprint density at radius 3 is 2.14 bits per heavy atom. The summed E-state index contributed by atoms with van der Waals surface area (Å²) < 4.78 is 12.2. The van der Waals surface area contributed by atoms with Crippen LogP contribution in [0.1, 0.15) is 19.3 Å². The zero-order valence-corrected chi connectivity index (χ0v) is 3.91. The molecule has 0 saturated heterocycles. The monoisotopic (exact) mass is 101 g/mol. The van der Waals surface area contributed by atoms with E-state index in [1.54, 1.807) is 0 Å². The van der Waals surface area contributed by atoms with E-state index in [-0.39, 0.29) is 0 Å². The molecule has 0 amide bonds. The van der Waals surface area contributed by atoms with Gasteiger partial charge in [-0.25, -0.2) is 4.39 Å². The molecule has 39 valence electrons. The third-order valence-electron chi connectivity index (χ3n) is 1.33. The number of hydrogen-bond donors (Lipinski definition) is 0. The normalized spacial score (nSPS) is 25.9. The summed E-state index contributed by atoms with van der Waals surface area (Å²) in [5, 5.41) is 0. The van der Waals surface area contributed by atoms with Crippen molar-refractivity contribution in [2.75, 3.05) is 0 Å². The van der Waals surface area contributed by atoms with Gasteiger partial charge >= 0.3 is 0 Å². The first-order valence-electron chi connectivity index (χ1n) is 2.35. The summed E-state index contributed by atoms with van der Waals surface area (Å²) in [5.74, 6) is 0. The van der Waals surface area contributed by atoms with Crippen LogP contribution in [-0.4, -0.2) is 12.0 Å². The molecule has 0 unspecified atom stereocenters. The van der Waals surface area contributed by atoms with Crippen LogP contribution in [0.25, 0.3) is 0 Å². The van der Waals surface area contributed by atoms with Crippen LogP contribution >= 0.6 is 0 Å². The van der Waals surface area contributed by atoms with E-state index in [0.29, 0.717) is 12.8 Å². The van der Waals surface area contributed by atoms with E-state index >= 15 is 0 Å². The average molecular weight is 101 g/mol. The Balaban J connectivity index is 2.43. The van der Waals surface area contributed by atoms with Gasteiger partial charge in [-0.1, -0.05) is 0 Å². The second-order valence-electron chi connectivity index (χ2n) is 1.92. The zero-order chi connectivity index (χ0) is 5.33. The van der Waals surface area contributed by atoms with Crippen molar-refractivity contribution in [1.82, 2.24) is 0 Å². The molecule has 1 saturated carbocycles. The highest BCUT2D eigenvalue weighted by molar-refractivity contribution is 5.64. The van der Waals surface area contributed by atoms with Crippen molar-refractivity contribution in [3.8, 4) is 0 Å². The minimum absolute atomic E-state index is 0.385. The molecule has 0 bridgehead atoms. The molecule has 7 heavy (non-hydrogen) atoms. The van der Waals surface area contributed by atoms with E-state index in [0.717, 1.165) is 6.42 Å². The quantitative estimate of drug-likeness (QED) is 0.481. The Labute approximate surface area is 41.5 Å². The summed E-state index contributed by atoms with van der Waals surface area (Å²) in [6.45, 7) is 0. The van der Waals surface area contributed by atoms with Gasteiger partial charge in [0, 0.05) is 0 Å². The third kappa shape index (κ3) is 0.646. The van der Waals surface area contributed by atoms with Gasteiger partial charge in [0.2, 0.25) is 6.29 Å². The smallest absolute Gasteiger partial charge is 0.238 e. The molecule has 0 heterocycles. The van der Waals surface area contributed by atoms with Crippen LogP contribution in [0, 0.1) is 0 Å². The van der Waals surface area contributed by atoms with E-state index in [4.69, 9.17) is 0 Å². The Morgan fingerprint density at radius 2 is 2.14 bits per heavy atom. The molecule has 0 N–H and O–H groups in total. The topological polar surface area (TPSA) is 17.1 Å². The summed E-state index contributed by atoms with van der Waals surface area (Å²) in [6, 6.07) is 0. The first-order chi connectivity index (χ1) is 3.27. The number of carbonyl (C=O) groups excluding carboxylic acids is 1. The van der Waals surface area contributed by atoms with Crippen molar-refractivity contribution >= 4 is 6.29 Å². The lowest BCUT2D eigenvalue weighted by atomic mass is 9.84. The van der Waals surface area contributed by atoms with Crippen molar-refractivity contribution in [3.63, 3.8) is 0 Å². The van der Waals surface area contributed by atoms with Gasteiger partial charge in [-0.05, 0) is 19.3 Å². The maximum Gasteiger partial charge on any atom is 0.238 e. The van der Waals surface area contributed by atoms with Gasteiger partial charge in [0.15, 0.2) is 5.67 Å². The molecular weight excluding hydrogens is 95.1 g/mol. The predicted molar refractivity (Wildman–Crippen MR) is 23.4 cm³/mol. The van der Waals surface area contributed by atoms with Crippen molar-refractivity contribution in [1.29, 1.82) is 0 Å². The van der Waals surface area contributed by atoms with E-state index in [2.05, 4.69) is 0 Å². The lowest BCUT2D eigenvalue weighted by molar-refractivity contribution is 0.137.